The summed E-state index contributed by atoms with van der Waals surface area (Å²) in [4.78, 5) is 15.3. The average molecular weight is 342 g/mol. The number of hydrogen-bond acceptors (Lipinski definition) is 3. The van der Waals surface area contributed by atoms with Gasteiger partial charge < -0.3 is 9.47 Å². The normalized spacial score (nSPS) is 39.8. The van der Waals surface area contributed by atoms with Crippen molar-refractivity contribution in [3.05, 3.63) is 12.2 Å². The number of amides is 1. The van der Waals surface area contributed by atoms with Crippen molar-refractivity contribution in [2.75, 3.05) is 13.1 Å². The Kier molecular flexibility index (Phi) is 3.68. The predicted molar refractivity (Wildman–Crippen MR) is 94.8 cm³/mol. The molecule has 5 fully saturated rings. The molecule has 136 valence electrons. The van der Waals surface area contributed by atoms with Crippen LogP contribution in [0.3, 0.4) is 0 Å². The van der Waals surface area contributed by atoms with Gasteiger partial charge in [0.05, 0.1) is 0 Å². The minimum atomic E-state index is 0.349. The van der Waals surface area contributed by atoms with Crippen LogP contribution in [0.15, 0.2) is 6.33 Å². The second kappa shape index (κ2) is 5.82. The van der Waals surface area contributed by atoms with Crippen molar-refractivity contribution in [3.63, 3.8) is 0 Å². The second-order valence-corrected chi connectivity index (χ2v) is 9.57. The van der Waals surface area contributed by atoms with E-state index in [0.717, 1.165) is 55.9 Å². The third-order valence-electron chi connectivity index (χ3n) is 7.58. The van der Waals surface area contributed by atoms with E-state index in [1.165, 1.54) is 38.5 Å². The van der Waals surface area contributed by atoms with Crippen LogP contribution in [0, 0.1) is 23.2 Å². The first kappa shape index (κ1) is 15.8. The highest BCUT2D eigenvalue weighted by molar-refractivity contribution is 5.77. The molecule has 0 aromatic carbocycles. The van der Waals surface area contributed by atoms with Gasteiger partial charge in [-0.3, -0.25) is 4.79 Å². The van der Waals surface area contributed by atoms with E-state index in [-0.39, 0.29) is 0 Å². The molecule has 6 rings (SSSR count). The molecule has 1 aromatic heterocycles. The van der Waals surface area contributed by atoms with Gasteiger partial charge in [-0.25, -0.2) is 0 Å². The zero-order chi connectivity index (χ0) is 17.0. The summed E-state index contributed by atoms with van der Waals surface area (Å²) in [5.74, 6) is 4.56. The van der Waals surface area contributed by atoms with Crippen molar-refractivity contribution >= 4 is 5.91 Å². The van der Waals surface area contributed by atoms with Crippen molar-refractivity contribution < 1.29 is 4.79 Å². The number of hydrogen-bond donors (Lipinski definition) is 0. The van der Waals surface area contributed by atoms with E-state index in [4.69, 9.17) is 0 Å². The maximum atomic E-state index is 13.2. The van der Waals surface area contributed by atoms with E-state index in [9.17, 15) is 4.79 Å². The molecule has 25 heavy (non-hydrogen) atoms. The van der Waals surface area contributed by atoms with Crippen molar-refractivity contribution in [3.8, 4) is 0 Å². The van der Waals surface area contributed by atoms with E-state index in [1.807, 2.05) is 11.6 Å². The van der Waals surface area contributed by atoms with Gasteiger partial charge in [0.25, 0.3) is 0 Å². The smallest absolute Gasteiger partial charge is 0.223 e. The van der Waals surface area contributed by atoms with Crippen LogP contribution < -0.4 is 0 Å². The molecule has 1 atom stereocenters. The van der Waals surface area contributed by atoms with Gasteiger partial charge in [0, 0.05) is 32.5 Å². The molecule has 4 bridgehead atoms. The fraction of sp³-hybridized carbons (Fsp3) is 0.850. The number of carbonyl (C=O) groups is 1. The molecule has 4 saturated carbocycles. The molecule has 5 aliphatic rings. The summed E-state index contributed by atoms with van der Waals surface area (Å²) >= 11 is 0. The summed E-state index contributed by atoms with van der Waals surface area (Å²) < 4.78 is 2.01. The van der Waals surface area contributed by atoms with Crippen molar-refractivity contribution in [1.29, 1.82) is 0 Å². The summed E-state index contributed by atoms with van der Waals surface area (Å²) in [5, 5.41) is 8.31. The molecule has 5 heteroatoms. The lowest BCUT2D eigenvalue weighted by molar-refractivity contribution is -0.140. The molecular formula is C20H30N4O. The standard InChI is InChI=1S/C20H30N4O/c1-23-13-21-22-19(23)17-3-2-4-24(12-17)18(25)11-20-8-14-5-15(9-20)7-16(6-14)10-20/h13-17H,2-12H2,1H3/t14?,15?,16?,17-,20?/m1/s1. The lowest BCUT2D eigenvalue weighted by Crippen LogP contribution is -2.49. The Labute approximate surface area is 150 Å². The molecule has 5 nitrogen and oxygen atoms in total. The van der Waals surface area contributed by atoms with E-state index in [1.54, 1.807) is 6.33 Å². The zero-order valence-corrected chi connectivity index (χ0v) is 15.4. The fourth-order valence-corrected chi connectivity index (χ4v) is 7.02. The Morgan fingerprint density at radius 2 is 1.88 bits per heavy atom. The van der Waals surface area contributed by atoms with Crippen LogP contribution in [0.5, 0.6) is 0 Å². The van der Waals surface area contributed by atoms with E-state index >= 15 is 0 Å². The highest BCUT2D eigenvalue weighted by Crippen LogP contribution is 2.61. The topological polar surface area (TPSA) is 51.0 Å². The van der Waals surface area contributed by atoms with Crippen molar-refractivity contribution in [1.82, 2.24) is 19.7 Å². The minimum Gasteiger partial charge on any atom is -0.342 e. The molecule has 0 N–H and O–H groups in total. The summed E-state index contributed by atoms with van der Waals surface area (Å²) in [5.41, 5.74) is 0.351. The molecule has 1 aliphatic heterocycles. The number of nitrogens with zero attached hydrogens (tertiary/aromatic N) is 4. The van der Waals surface area contributed by atoms with Crippen LogP contribution in [0.2, 0.25) is 0 Å². The van der Waals surface area contributed by atoms with Gasteiger partial charge in [-0.1, -0.05) is 0 Å². The summed E-state index contributed by atoms with van der Waals surface area (Å²) in [6, 6.07) is 0. The number of likely N-dealkylation sites (tertiary alicyclic amines) is 1. The predicted octanol–water partition coefficient (Wildman–Crippen LogP) is 3.13. The van der Waals surface area contributed by atoms with Gasteiger partial charge in [-0.05, 0) is 74.5 Å². The van der Waals surface area contributed by atoms with Gasteiger partial charge in [0.1, 0.15) is 12.2 Å². The number of rotatable bonds is 3. The van der Waals surface area contributed by atoms with Crippen LogP contribution in [-0.4, -0.2) is 38.7 Å². The molecule has 0 unspecified atom stereocenters. The first-order valence-corrected chi connectivity index (χ1v) is 10.2. The maximum absolute atomic E-state index is 13.2. The molecule has 1 saturated heterocycles. The van der Waals surface area contributed by atoms with Gasteiger partial charge in [-0.2, -0.15) is 0 Å². The number of aryl methyl sites for hydroxylation is 1. The second-order valence-electron chi connectivity index (χ2n) is 9.57. The highest BCUT2D eigenvalue weighted by atomic mass is 16.2. The Balaban J connectivity index is 1.27. The molecule has 1 amide bonds. The highest BCUT2D eigenvalue weighted by Gasteiger charge is 2.51. The molecule has 1 aromatic rings. The molecule has 4 aliphatic carbocycles. The Morgan fingerprint density at radius 3 is 2.48 bits per heavy atom. The quantitative estimate of drug-likeness (QED) is 0.848. The lowest BCUT2D eigenvalue weighted by Gasteiger charge is -2.57. The van der Waals surface area contributed by atoms with Crippen molar-refractivity contribution in [2.24, 2.45) is 30.2 Å². The summed E-state index contributed by atoms with van der Waals surface area (Å²) in [6.45, 7) is 1.76. The number of carbonyl (C=O) groups excluding carboxylic acids is 1. The first-order valence-electron chi connectivity index (χ1n) is 10.2. The van der Waals surface area contributed by atoms with Crippen LogP contribution in [0.1, 0.15) is 69.5 Å². The lowest BCUT2D eigenvalue weighted by atomic mass is 9.49. The van der Waals surface area contributed by atoms with Gasteiger partial charge in [-0.15, -0.1) is 10.2 Å². The summed E-state index contributed by atoms with van der Waals surface area (Å²) in [7, 11) is 2.01. The van der Waals surface area contributed by atoms with E-state index < -0.39 is 0 Å². The third kappa shape index (κ3) is 2.80. The largest absolute Gasteiger partial charge is 0.342 e. The Morgan fingerprint density at radius 1 is 1.20 bits per heavy atom. The maximum Gasteiger partial charge on any atom is 0.223 e. The van der Waals surface area contributed by atoms with Gasteiger partial charge in [0.2, 0.25) is 5.91 Å². The van der Waals surface area contributed by atoms with E-state index in [2.05, 4.69) is 15.1 Å². The SMILES string of the molecule is Cn1cnnc1[C@@H]1CCCN(C(=O)CC23CC4CC(CC(C4)C2)C3)C1. The Bertz CT molecular complexity index is 631. The number of aromatic nitrogens is 3. The van der Waals surface area contributed by atoms with Crippen molar-refractivity contribution in [2.45, 2.75) is 63.7 Å². The van der Waals surface area contributed by atoms with Crippen LogP contribution >= 0.6 is 0 Å². The third-order valence-corrected chi connectivity index (χ3v) is 7.58. The molecule has 0 spiro atoms. The average Bonchev–Trinajstić information content (AvgIpc) is 2.99. The van der Waals surface area contributed by atoms with Crippen LogP contribution in [0.25, 0.3) is 0 Å². The summed E-state index contributed by atoms with van der Waals surface area (Å²) in [6.07, 6.45) is 13.1. The van der Waals surface area contributed by atoms with Gasteiger partial charge in [0.15, 0.2) is 0 Å². The fourth-order valence-electron chi connectivity index (χ4n) is 7.02. The van der Waals surface area contributed by atoms with E-state index in [0.29, 0.717) is 17.2 Å². The molecular weight excluding hydrogens is 312 g/mol. The Hall–Kier alpha value is -1.39. The molecule has 0 radical (unpaired) electrons. The first-order chi connectivity index (χ1) is 12.1. The number of piperidine rings is 1. The molecule has 2 heterocycles. The zero-order valence-electron chi connectivity index (χ0n) is 15.4. The van der Waals surface area contributed by atoms with Crippen LogP contribution in [0.4, 0.5) is 0 Å². The van der Waals surface area contributed by atoms with Crippen LogP contribution in [-0.2, 0) is 11.8 Å². The monoisotopic (exact) mass is 342 g/mol. The minimum absolute atomic E-state index is 0.349. The van der Waals surface area contributed by atoms with Gasteiger partial charge >= 0.3 is 0 Å².